The van der Waals surface area contributed by atoms with Crippen molar-refractivity contribution in [1.82, 2.24) is 10.3 Å². The molecule has 5 nitrogen and oxygen atoms in total. The van der Waals surface area contributed by atoms with E-state index in [1.807, 2.05) is 10.8 Å². The van der Waals surface area contributed by atoms with Crippen LogP contribution in [0.25, 0.3) is 0 Å². The minimum absolute atomic E-state index is 0.0148. The molecule has 1 aliphatic carbocycles. The molecule has 1 saturated heterocycles. The van der Waals surface area contributed by atoms with E-state index in [0.29, 0.717) is 19.8 Å². The molecule has 0 spiro atoms. The van der Waals surface area contributed by atoms with Gasteiger partial charge in [0, 0.05) is 22.2 Å². The summed E-state index contributed by atoms with van der Waals surface area (Å²) in [6, 6.07) is -0.0148. The van der Waals surface area contributed by atoms with Gasteiger partial charge in [-0.25, -0.2) is 4.98 Å². The van der Waals surface area contributed by atoms with Crippen LogP contribution in [-0.2, 0) is 28.9 Å². The van der Waals surface area contributed by atoms with Gasteiger partial charge in [0.05, 0.1) is 36.0 Å². The lowest BCUT2D eigenvalue weighted by Crippen LogP contribution is -2.50. The Labute approximate surface area is 155 Å². The maximum absolute atomic E-state index is 12.8. The lowest BCUT2D eigenvalue weighted by Gasteiger charge is -2.32. The number of fused-ring (bicyclic) bond motifs is 1. The second-order valence-corrected chi connectivity index (χ2v) is 8.21. The molecule has 134 valence electrons. The maximum atomic E-state index is 12.8. The van der Waals surface area contributed by atoms with Crippen LogP contribution >= 0.6 is 22.7 Å². The van der Waals surface area contributed by atoms with Crippen LogP contribution in [0.3, 0.4) is 0 Å². The fraction of sp³-hybridized carbons (Fsp3) is 0.556. The number of hydrogen-bond donors (Lipinski definition) is 1. The van der Waals surface area contributed by atoms with Crippen molar-refractivity contribution in [3.63, 3.8) is 0 Å². The van der Waals surface area contributed by atoms with Crippen molar-refractivity contribution in [1.29, 1.82) is 0 Å². The molecule has 3 heterocycles. The Hall–Kier alpha value is -1.28. The topological polar surface area (TPSA) is 60.5 Å². The Morgan fingerprint density at radius 1 is 1.36 bits per heavy atom. The summed E-state index contributed by atoms with van der Waals surface area (Å²) >= 11 is 3.29. The van der Waals surface area contributed by atoms with Crippen molar-refractivity contribution in [3.8, 4) is 0 Å². The van der Waals surface area contributed by atoms with Gasteiger partial charge >= 0.3 is 0 Å². The fourth-order valence-electron chi connectivity index (χ4n) is 3.47. The summed E-state index contributed by atoms with van der Waals surface area (Å²) in [7, 11) is 0. The molecule has 0 saturated carbocycles. The summed E-state index contributed by atoms with van der Waals surface area (Å²) < 4.78 is 11.5. The van der Waals surface area contributed by atoms with E-state index in [4.69, 9.17) is 9.47 Å². The van der Waals surface area contributed by atoms with Gasteiger partial charge < -0.3 is 14.8 Å². The standard InChI is InChI=1S/C18H22N2O3S2/c21-18(14-10-25-17-4-2-1-3-13(14)17)20-15-5-6-22-8-16(15)23-7-12-9-24-11-19-12/h9-11,15-16H,1-8H2,(H,20,21)/t15-,16-/m1/s1. The molecule has 0 aromatic carbocycles. The number of aromatic nitrogens is 1. The number of nitrogens with one attached hydrogen (secondary N) is 1. The van der Waals surface area contributed by atoms with Gasteiger partial charge in [0.25, 0.3) is 5.91 Å². The molecule has 1 aliphatic heterocycles. The average Bonchev–Trinajstić information content (AvgIpc) is 3.30. The van der Waals surface area contributed by atoms with Crippen LogP contribution in [0.1, 0.15) is 45.8 Å². The van der Waals surface area contributed by atoms with Crippen molar-refractivity contribution in [3.05, 3.63) is 38.0 Å². The molecule has 2 aromatic heterocycles. The highest BCUT2D eigenvalue weighted by molar-refractivity contribution is 7.10. The van der Waals surface area contributed by atoms with Gasteiger partial charge in [-0.15, -0.1) is 22.7 Å². The van der Waals surface area contributed by atoms with Gasteiger partial charge in [-0.2, -0.15) is 0 Å². The van der Waals surface area contributed by atoms with Gasteiger partial charge in [-0.05, 0) is 37.7 Å². The summed E-state index contributed by atoms with van der Waals surface area (Å²) in [5.74, 6) is 0.0357. The number of thiophene rings is 1. The van der Waals surface area contributed by atoms with E-state index in [-0.39, 0.29) is 18.1 Å². The average molecular weight is 379 g/mol. The highest BCUT2D eigenvalue weighted by Gasteiger charge is 2.30. The van der Waals surface area contributed by atoms with Crippen molar-refractivity contribution >= 4 is 28.6 Å². The molecule has 4 rings (SSSR count). The molecule has 0 unspecified atom stereocenters. The van der Waals surface area contributed by atoms with Crippen LogP contribution in [0.15, 0.2) is 16.3 Å². The number of nitrogens with zero attached hydrogens (tertiary/aromatic N) is 1. The normalized spacial score (nSPS) is 23.2. The van der Waals surface area contributed by atoms with E-state index in [0.717, 1.165) is 30.5 Å². The van der Waals surface area contributed by atoms with Gasteiger partial charge in [0.2, 0.25) is 0 Å². The van der Waals surface area contributed by atoms with Gasteiger partial charge in [0.15, 0.2) is 0 Å². The quantitative estimate of drug-likeness (QED) is 0.868. The minimum Gasteiger partial charge on any atom is -0.379 e. The second-order valence-electron chi connectivity index (χ2n) is 6.53. The van der Waals surface area contributed by atoms with Crippen LogP contribution in [-0.4, -0.2) is 36.3 Å². The number of carbonyl (C=O) groups is 1. The SMILES string of the molecule is O=C(N[C@@H]1CCOC[C@H]1OCc1cscn1)c1csc2c1CCCC2. The molecular formula is C18H22N2O3S2. The smallest absolute Gasteiger partial charge is 0.252 e. The number of rotatable bonds is 5. The molecule has 1 fully saturated rings. The first-order valence-corrected chi connectivity index (χ1v) is 10.6. The molecule has 7 heteroatoms. The van der Waals surface area contributed by atoms with Crippen LogP contribution in [0, 0.1) is 0 Å². The van der Waals surface area contributed by atoms with Crippen molar-refractivity contribution in [2.24, 2.45) is 0 Å². The van der Waals surface area contributed by atoms with Gasteiger partial charge in [0.1, 0.15) is 6.10 Å². The second kappa shape index (κ2) is 7.95. The van der Waals surface area contributed by atoms with E-state index >= 15 is 0 Å². The first kappa shape index (κ1) is 17.1. The minimum atomic E-state index is -0.131. The monoisotopic (exact) mass is 378 g/mol. The first-order valence-electron chi connectivity index (χ1n) is 8.78. The maximum Gasteiger partial charge on any atom is 0.252 e. The van der Waals surface area contributed by atoms with E-state index in [1.54, 1.807) is 28.2 Å². The zero-order valence-corrected chi connectivity index (χ0v) is 15.7. The molecule has 0 radical (unpaired) electrons. The molecule has 2 aliphatic rings. The Bertz CT molecular complexity index is 714. The molecular weight excluding hydrogens is 356 g/mol. The lowest BCUT2D eigenvalue weighted by molar-refractivity contribution is -0.0742. The molecule has 2 atom stereocenters. The van der Waals surface area contributed by atoms with E-state index in [1.165, 1.54) is 23.3 Å². The highest BCUT2D eigenvalue weighted by Crippen LogP contribution is 2.30. The van der Waals surface area contributed by atoms with Gasteiger partial charge in [-0.1, -0.05) is 0 Å². The van der Waals surface area contributed by atoms with Crippen molar-refractivity contribution in [2.45, 2.75) is 50.9 Å². The summed E-state index contributed by atoms with van der Waals surface area (Å²) in [6.45, 7) is 1.62. The summed E-state index contributed by atoms with van der Waals surface area (Å²) in [5.41, 5.74) is 4.85. The number of ether oxygens (including phenoxy) is 2. The summed E-state index contributed by atoms with van der Waals surface area (Å²) in [6.07, 6.45) is 5.21. The molecule has 0 bridgehead atoms. The predicted molar refractivity (Wildman–Crippen MR) is 98.3 cm³/mol. The van der Waals surface area contributed by atoms with Crippen LogP contribution in [0.5, 0.6) is 0 Å². The highest BCUT2D eigenvalue weighted by atomic mass is 32.1. The third kappa shape index (κ3) is 3.95. The van der Waals surface area contributed by atoms with E-state index < -0.39 is 0 Å². The third-order valence-electron chi connectivity index (χ3n) is 4.86. The van der Waals surface area contributed by atoms with Crippen LogP contribution < -0.4 is 5.32 Å². The van der Waals surface area contributed by atoms with Crippen LogP contribution in [0.4, 0.5) is 0 Å². The Morgan fingerprint density at radius 2 is 2.28 bits per heavy atom. The number of hydrogen-bond acceptors (Lipinski definition) is 6. The van der Waals surface area contributed by atoms with Crippen LogP contribution in [0.2, 0.25) is 0 Å². The zero-order valence-electron chi connectivity index (χ0n) is 14.0. The Kier molecular flexibility index (Phi) is 5.45. The number of carbonyl (C=O) groups excluding carboxylic acids is 1. The molecule has 1 amide bonds. The third-order valence-corrected chi connectivity index (χ3v) is 6.58. The Morgan fingerprint density at radius 3 is 3.16 bits per heavy atom. The molecule has 2 aromatic rings. The first-order chi connectivity index (χ1) is 12.3. The van der Waals surface area contributed by atoms with E-state index in [9.17, 15) is 4.79 Å². The van der Waals surface area contributed by atoms with Crippen molar-refractivity contribution in [2.75, 3.05) is 13.2 Å². The van der Waals surface area contributed by atoms with Crippen molar-refractivity contribution < 1.29 is 14.3 Å². The summed E-state index contributed by atoms with van der Waals surface area (Å²) in [5, 5.41) is 7.20. The predicted octanol–water partition coefficient (Wildman–Crippen LogP) is 3.19. The number of amides is 1. The summed E-state index contributed by atoms with van der Waals surface area (Å²) in [4.78, 5) is 18.4. The molecule has 1 N–H and O–H groups in total. The van der Waals surface area contributed by atoms with Gasteiger partial charge in [-0.3, -0.25) is 4.79 Å². The number of thiazole rings is 1. The number of aryl methyl sites for hydroxylation is 1. The Balaban J connectivity index is 1.40. The fourth-order valence-corrected chi connectivity index (χ4v) is 5.14. The molecule has 25 heavy (non-hydrogen) atoms. The van der Waals surface area contributed by atoms with E-state index in [2.05, 4.69) is 10.3 Å². The lowest BCUT2D eigenvalue weighted by atomic mass is 9.95. The zero-order chi connectivity index (χ0) is 17.1. The largest absolute Gasteiger partial charge is 0.379 e.